The standard InChI is InChI=1S/C14H19N3O2S/c1-4-15-14(13-9-10-17(2)16-13)11-5-7-12(8-6-11)20(3,18)19/h5-10,14-15H,4H2,1-3H3. The summed E-state index contributed by atoms with van der Waals surface area (Å²) in [6.45, 7) is 2.83. The molecule has 1 aromatic heterocycles. The Labute approximate surface area is 119 Å². The first kappa shape index (κ1) is 14.7. The van der Waals surface area contributed by atoms with Gasteiger partial charge in [0, 0.05) is 19.5 Å². The summed E-state index contributed by atoms with van der Waals surface area (Å²) in [5.41, 5.74) is 1.92. The predicted molar refractivity (Wildman–Crippen MR) is 78.3 cm³/mol. The van der Waals surface area contributed by atoms with Gasteiger partial charge in [-0.2, -0.15) is 5.10 Å². The number of aromatic nitrogens is 2. The van der Waals surface area contributed by atoms with Gasteiger partial charge in [0.2, 0.25) is 0 Å². The molecule has 2 rings (SSSR count). The zero-order valence-electron chi connectivity index (χ0n) is 11.9. The Bertz CT molecular complexity index is 675. The first-order valence-corrected chi connectivity index (χ1v) is 8.34. The molecule has 1 unspecified atom stereocenters. The molecule has 2 aromatic rings. The number of nitrogens with one attached hydrogen (secondary N) is 1. The molecule has 1 atom stereocenters. The lowest BCUT2D eigenvalue weighted by Crippen LogP contribution is -2.22. The average Bonchev–Trinajstić information content (AvgIpc) is 2.81. The molecule has 0 amide bonds. The molecule has 0 aliphatic heterocycles. The molecule has 1 aromatic carbocycles. The summed E-state index contributed by atoms with van der Waals surface area (Å²) in [5, 5.41) is 7.77. The van der Waals surface area contributed by atoms with E-state index in [1.165, 1.54) is 6.26 Å². The van der Waals surface area contributed by atoms with E-state index < -0.39 is 9.84 Å². The van der Waals surface area contributed by atoms with Crippen LogP contribution in [-0.2, 0) is 16.9 Å². The van der Waals surface area contributed by atoms with Crippen LogP contribution in [0.15, 0.2) is 41.4 Å². The Hall–Kier alpha value is -1.66. The van der Waals surface area contributed by atoms with Crippen LogP contribution in [0.4, 0.5) is 0 Å². The van der Waals surface area contributed by atoms with Crippen LogP contribution >= 0.6 is 0 Å². The van der Waals surface area contributed by atoms with Crippen molar-refractivity contribution in [3.63, 3.8) is 0 Å². The van der Waals surface area contributed by atoms with E-state index in [1.807, 2.05) is 38.4 Å². The maximum atomic E-state index is 11.5. The van der Waals surface area contributed by atoms with E-state index >= 15 is 0 Å². The van der Waals surface area contributed by atoms with Crippen molar-refractivity contribution in [1.29, 1.82) is 0 Å². The SMILES string of the molecule is CCNC(c1ccc(S(C)(=O)=O)cc1)c1ccn(C)n1. The molecule has 0 saturated carbocycles. The number of sulfone groups is 1. The van der Waals surface area contributed by atoms with Gasteiger partial charge in [-0.15, -0.1) is 0 Å². The largest absolute Gasteiger partial charge is 0.305 e. The number of aryl methyl sites for hydroxylation is 1. The van der Waals surface area contributed by atoms with Gasteiger partial charge in [-0.05, 0) is 30.3 Å². The molecule has 108 valence electrons. The van der Waals surface area contributed by atoms with Crippen LogP contribution in [0.2, 0.25) is 0 Å². The van der Waals surface area contributed by atoms with Gasteiger partial charge in [0.1, 0.15) is 0 Å². The minimum Gasteiger partial charge on any atom is -0.305 e. The van der Waals surface area contributed by atoms with Crippen molar-refractivity contribution in [3.05, 3.63) is 47.8 Å². The Balaban J connectivity index is 2.35. The molecule has 1 heterocycles. The van der Waals surface area contributed by atoms with Gasteiger partial charge in [-0.1, -0.05) is 19.1 Å². The zero-order chi connectivity index (χ0) is 14.8. The first-order valence-electron chi connectivity index (χ1n) is 6.44. The van der Waals surface area contributed by atoms with Gasteiger partial charge in [-0.3, -0.25) is 4.68 Å². The molecule has 5 nitrogen and oxygen atoms in total. The summed E-state index contributed by atoms with van der Waals surface area (Å²) >= 11 is 0. The fraction of sp³-hybridized carbons (Fsp3) is 0.357. The quantitative estimate of drug-likeness (QED) is 0.908. The average molecular weight is 293 g/mol. The molecule has 0 aliphatic rings. The maximum absolute atomic E-state index is 11.5. The van der Waals surface area contributed by atoms with Gasteiger partial charge >= 0.3 is 0 Å². The minimum absolute atomic E-state index is 0.0326. The summed E-state index contributed by atoms with van der Waals surface area (Å²) in [6.07, 6.45) is 3.10. The highest BCUT2D eigenvalue weighted by atomic mass is 32.2. The monoisotopic (exact) mass is 293 g/mol. The topological polar surface area (TPSA) is 64.0 Å². The molecule has 0 bridgehead atoms. The second kappa shape index (κ2) is 5.76. The van der Waals surface area contributed by atoms with E-state index in [-0.39, 0.29) is 6.04 Å². The summed E-state index contributed by atoms with van der Waals surface area (Å²) in [4.78, 5) is 0.331. The molecule has 1 N–H and O–H groups in total. The first-order chi connectivity index (χ1) is 9.41. The second-order valence-corrected chi connectivity index (χ2v) is 6.76. The van der Waals surface area contributed by atoms with Crippen molar-refractivity contribution in [2.45, 2.75) is 17.9 Å². The summed E-state index contributed by atoms with van der Waals surface area (Å²) in [6, 6.07) is 8.86. The number of hydrogen-bond donors (Lipinski definition) is 1. The predicted octanol–water partition coefficient (Wildman–Crippen LogP) is 1.52. The van der Waals surface area contributed by atoms with Crippen LogP contribution in [0.5, 0.6) is 0 Å². The van der Waals surface area contributed by atoms with Gasteiger partial charge in [0.25, 0.3) is 0 Å². The number of hydrogen-bond acceptors (Lipinski definition) is 4. The summed E-state index contributed by atoms with van der Waals surface area (Å²) in [7, 11) is -1.28. The highest BCUT2D eigenvalue weighted by Crippen LogP contribution is 2.22. The van der Waals surface area contributed by atoms with E-state index in [4.69, 9.17) is 0 Å². The molecular weight excluding hydrogens is 274 g/mol. The normalized spacial score (nSPS) is 13.3. The van der Waals surface area contributed by atoms with Crippen LogP contribution in [0.3, 0.4) is 0 Å². The molecule has 20 heavy (non-hydrogen) atoms. The van der Waals surface area contributed by atoms with Crippen molar-refractivity contribution >= 4 is 9.84 Å². The van der Waals surface area contributed by atoms with E-state index in [9.17, 15) is 8.42 Å². The second-order valence-electron chi connectivity index (χ2n) is 4.75. The lowest BCUT2D eigenvalue weighted by Gasteiger charge is -2.16. The van der Waals surface area contributed by atoms with Gasteiger partial charge in [0.05, 0.1) is 16.6 Å². The van der Waals surface area contributed by atoms with E-state index in [2.05, 4.69) is 10.4 Å². The summed E-state index contributed by atoms with van der Waals surface area (Å²) < 4.78 is 24.7. The van der Waals surface area contributed by atoms with Crippen LogP contribution in [-0.4, -0.2) is 31.0 Å². The van der Waals surface area contributed by atoms with Crippen molar-refractivity contribution < 1.29 is 8.42 Å². The Kier molecular flexibility index (Phi) is 4.25. The molecule has 0 spiro atoms. The fourth-order valence-electron chi connectivity index (χ4n) is 2.09. The van der Waals surface area contributed by atoms with Gasteiger partial charge < -0.3 is 5.32 Å². The van der Waals surface area contributed by atoms with Crippen molar-refractivity contribution in [1.82, 2.24) is 15.1 Å². The number of rotatable bonds is 5. The highest BCUT2D eigenvalue weighted by Gasteiger charge is 2.16. The maximum Gasteiger partial charge on any atom is 0.175 e. The van der Waals surface area contributed by atoms with Gasteiger partial charge in [-0.25, -0.2) is 8.42 Å². The van der Waals surface area contributed by atoms with E-state index in [0.29, 0.717) is 4.90 Å². The Morgan fingerprint density at radius 2 is 1.90 bits per heavy atom. The minimum atomic E-state index is -3.16. The highest BCUT2D eigenvalue weighted by molar-refractivity contribution is 7.90. The van der Waals surface area contributed by atoms with Crippen LogP contribution in [0.25, 0.3) is 0 Å². The zero-order valence-corrected chi connectivity index (χ0v) is 12.7. The fourth-order valence-corrected chi connectivity index (χ4v) is 2.72. The van der Waals surface area contributed by atoms with E-state index in [0.717, 1.165) is 17.8 Å². The lowest BCUT2D eigenvalue weighted by molar-refractivity contribution is 0.596. The van der Waals surface area contributed by atoms with Crippen LogP contribution < -0.4 is 5.32 Å². The third-order valence-corrected chi connectivity index (χ3v) is 4.21. The third-order valence-electron chi connectivity index (χ3n) is 3.08. The Morgan fingerprint density at radius 1 is 1.25 bits per heavy atom. The Morgan fingerprint density at radius 3 is 2.35 bits per heavy atom. The van der Waals surface area contributed by atoms with Gasteiger partial charge in [0.15, 0.2) is 9.84 Å². The molecule has 6 heteroatoms. The molecule has 0 fully saturated rings. The number of nitrogens with zero attached hydrogens (tertiary/aromatic N) is 2. The number of benzene rings is 1. The molecule has 0 aliphatic carbocycles. The molecular formula is C14H19N3O2S. The molecule has 0 saturated heterocycles. The van der Waals surface area contributed by atoms with Crippen molar-refractivity contribution in [3.8, 4) is 0 Å². The van der Waals surface area contributed by atoms with Crippen LogP contribution in [0.1, 0.15) is 24.2 Å². The molecule has 0 radical (unpaired) electrons. The lowest BCUT2D eigenvalue weighted by atomic mass is 10.0. The summed E-state index contributed by atoms with van der Waals surface area (Å²) in [5.74, 6) is 0. The smallest absolute Gasteiger partial charge is 0.175 e. The third kappa shape index (κ3) is 3.26. The van der Waals surface area contributed by atoms with Crippen molar-refractivity contribution in [2.75, 3.05) is 12.8 Å². The van der Waals surface area contributed by atoms with E-state index in [1.54, 1.807) is 16.8 Å². The van der Waals surface area contributed by atoms with Crippen LogP contribution in [0, 0.1) is 0 Å². The van der Waals surface area contributed by atoms with Crippen molar-refractivity contribution in [2.24, 2.45) is 7.05 Å².